The Bertz CT molecular complexity index is 698. The van der Waals surface area contributed by atoms with Crippen molar-refractivity contribution in [3.8, 4) is 0 Å². The minimum Gasteiger partial charge on any atom is -0.353 e. The van der Waals surface area contributed by atoms with Crippen LogP contribution >= 0.6 is 11.8 Å². The predicted octanol–water partition coefficient (Wildman–Crippen LogP) is 3.72. The van der Waals surface area contributed by atoms with Crippen LogP contribution in [0.25, 0.3) is 0 Å². The number of amides is 1. The number of sulfonamides is 1. The van der Waals surface area contributed by atoms with E-state index in [4.69, 9.17) is 0 Å². The summed E-state index contributed by atoms with van der Waals surface area (Å²) in [5.41, 5.74) is 1.58. The molecule has 0 unspecified atom stereocenters. The summed E-state index contributed by atoms with van der Waals surface area (Å²) in [6.07, 6.45) is 8.07. The largest absolute Gasteiger partial charge is 0.353 e. The lowest BCUT2D eigenvalue weighted by Crippen LogP contribution is -2.49. The molecule has 2 rings (SSSR count). The Balaban J connectivity index is 1.98. The van der Waals surface area contributed by atoms with Gasteiger partial charge in [-0.2, -0.15) is 11.8 Å². The molecule has 1 saturated carbocycles. The van der Waals surface area contributed by atoms with Gasteiger partial charge >= 0.3 is 0 Å². The molecule has 1 aliphatic rings. The molecule has 0 radical (unpaired) electrons. The van der Waals surface area contributed by atoms with Gasteiger partial charge < -0.3 is 5.32 Å². The van der Waals surface area contributed by atoms with E-state index in [1.54, 1.807) is 12.1 Å². The second-order valence-electron chi connectivity index (χ2n) is 7.24. The zero-order valence-electron chi connectivity index (χ0n) is 16.6. The predicted molar refractivity (Wildman–Crippen MR) is 115 cm³/mol. The fourth-order valence-electron chi connectivity index (χ4n) is 3.50. The van der Waals surface area contributed by atoms with E-state index < -0.39 is 16.1 Å². The normalized spacial score (nSPS) is 16.7. The van der Waals surface area contributed by atoms with Crippen LogP contribution in [0.4, 0.5) is 5.69 Å². The third-order valence-electron chi connectivity index (χ3n) is 4.93. The molecule has 152 valence electrons. The van der Waals surface area contributed by atoms with E-state index in [0.29, 0.717) is 23.9 Å². The zero-order chi connectivity index (χ0) is 19.9. The van der Waals surface area contributed by atoms with Crippen LogP contribution < -0.4 is 9.62 Å². The van der Waals surface area contributed by atoms with Gasteiger partial charge in [0.05, 0.1) is 11.9 Å². The van der Waals surface area contributed by atoms with Crippen LogP contribution in [0.2, 0.25) is 0 Å². The van der Waals surface area contributed by atoms with Crippen molar-refractivity contribution in [1.29, 1.82) is 0 Å². The maximum absolute atomic E-state index is 12.7. The lowest BCUT2D eigenvalue weighted by molar-refractivity contribution is -0.122. The Morgan fingerprint density at radius 1 is 1.22 bits per heavy atom. The van der Waals surface area contributed by atoms with E-state index in [1.807, 2.05) is 37.7 Å². The molecular weight excluding hydrogens is 380 g/mol. The van der Waals surface area contributed by atoms with Crippen LogP contribution in [0.15, 0.2) is 24.3 Å². The highest BCUT2D eigenvalue weighted by molar-refractivity contribution is 7.99. The monoisotopic (exact) mass is 412 g/mol. The fraction of sp³-hybridized carbons (Fsp3) is 0.650. The summed E-state index contributed by atoms with van der Waals surface area (Å²) in [6.45, 7) is 4.36. The molecule has 1 amide bonds. The average Bonchev–Trinajstić information content (AvgIpc) is 2.64. The molecule has 27 heavy (non-hydrogen) atoms. The third kappa shape index (κ3) is 6.71. The van der Waals surface area contributed by atoms with Gasteiger partial charge in [-0.05, 0) is 38.3 Å². The van der Waals surface area contributed by atoms with Crippen molar-refractivity contribution in [3.05, 3.63) is 29.8 Å². The van der Waals surface area contributed by atoms with Crippen LogP contribution in [0.1, 0.15) is 51.0 Å². The lowest BCUT2D eigenvalue weighted by Gasteiger charge is -2.30. The number of hydrogen-bond acceptors (Lipinski definition) is 4. The molecule has 0 aromatic heterocycles. The van der Waals surface area contributed by atoms with Gasteiger partial charge in [0, 0.05) is 17.5 Å². The fourth-order valence-corrected chi connectivity index (χ4v) is 5.93. The zero-order valence-corrected chi connectivity index (χ0v) is 18.2. The van der Waals surface area contributed by atoms with Crippen LogP contribution in [0, 0.1) is 6.92 Å². The van der Waals surface area contributed by atoms with Gasteiger partial charge in [-0.3, -0.25) is 9.10 Å². The van der Waals surface area contributed by atoms with Crippen molar-refractivity contribution in [2.75, 3.05) is 22.9 Å². The molecule has 7 heteroatoms. The highest BCUT2D eigenvalue weighted by Gasteiger charge is 2.31. The molecule has 1 aliphatic carbocycles. The van der Waals surface area contributed by atoms with Crippen LogP contribution in [0.5, 0.6) is 0 Å². The summed E-state index contributed by atoms with van der Waals surface area (Å²) in [5.74, 6) is 0.642. The summed E-state index contributed by atoms with van der Waals surface area (Å²) in [6, 6.07) is 6.50. The van der Waals surface area contributed by atoms with Gasteiger partial charge in [-0.15, -0.1) is 0 Å². The third-order valence-corrected chi connectivity index (χ3v) is 7.49. The molecular formula is C20H32N2O3S2. The van der Waals surface area contributed by atoms with E-state index in [2.05, 4.69) is 5.32 Å². The standard InChI is InChI=1S/C20H32N2O3S2/c1-4-19(20(23)21-14-15-26-18-8-6-5-7-9-18)22(27(3,24)25)17-12-10-16(2)11-13-17/h10-13,18-19H,4-9,14-15H2,1-3H3,(H,21,23)/t19-/m0/s1. The van der Waals surface area contributed by atoms with Crippen molar-refractivity contribution in [1.82, 2.24) is 5.32 Å². The van der Waals surface area contributed by atoms with E-state index >= 15 is 0 Å². The Hall–Kier alpha value is -1.21. The van der Waals surface area contributed by atoms with E-state index in [9.17, 15) is 13.2 Å². The Morgan fingerprint density at radius 3 is 2.41 bits per heavy atom. The highest BCUT2D eigenvalue weighted by atomic mass is 32.2. The van der Waals surface area contributed by atoms with Crippen molar-refractivity contribution >= 4 is 33.4 Å². The molecule has 1 aromatic rings. The van der Waals surface area contributed by atoms with Crippen molar-refractivity contribution in [3.63, 3.8) is 0 Å². The molecule has 0 bridgehead atoms. The molecule has 0 saturated heterocycles. The number of rotatable bonds is 9. The first-order valence-corrected chi connectivity index (χ1v) is 12.7. The van der Waals surface area contributed by atoms with E-state index in [-0.39, 0.29) is 5.91 Å². The number of benzene rings is 1. The molecule has 1 atom stereocenters. The molecule has 1 aromatic carbocycles. The lowest BCUT2D eigenvalue weighted by atomic mass is 10.0. The second-order valence-corrected chi connectivity index (χ2v) is 10.5. The molecule has 0 spiro atoms. The second kappa shape index (κ2) is 10.4. The molecule has 0 aliphatic heterocycles. The van der Waals surface area contributed by atoms with Gasteiger partial charge in [-0.25, -0.2) is 8.42 Å². The quantitative estimate of drug-likeness (QED) is 0.628. The Kier molecular flexibility index (Phi) is 8.48. The number of aryl methyl sites for hydroxylation is 1. The molecule has 1 fully saturated rings. The number of thioether (sulfide) groups is 1. The Morgan fingerprint density at radius 2 is 1.85 bits per heavy atom. The molecule has 5 nitrogen and oxygen atoms in total. The summed E-state index contributed by atoms with van der Waals surface area (Å²) < 4.78 is 26.0. The summed E-state index contributed by atoms with van der Waals surface area (Å²) in [4.78, 5) is 12.7. The van der Waals surface area contributed by atoms with Crippen LogP contribution in [-0.4, -0.2) is 44.2 Å². The van der Waals surface area contributed by atoms with Crippen LogP contribution in [-0.2, 0) is 14.8 Å². The maximum Gasteiger partial charge on any atom is 0.243 e. The highest BCUT2D eigenvalue weighted by Crippen LogP contribution is 2.28. The molecule has 1 N–H and O–H groups in total. The van der Waals surface area contributed by atoms with E-state index in [0.717, 1.165) is 17.6 Å². The number of nitrogens with one attached hydrogen (secondary N) is 1. The summed E-state index contributed by atoms with van der Waals surface area (Å²) in [7, 11) is -3.57. The average molecular weight is 413 g/mol. The van der Waals surface area contributed by atoms with Crippen molar-refractivity contribution in [2.24, 2.45) is 0 Å². The minimum atomic E-state index is -3.57. The first kappa shape index (κ1) is 22.1. The summed E-state index contributed by atoms with van der Waals surface area (Å²) >= 11 is 1.92. The van der Waals surface area contributed by atoms with Gasteiger partial charge in [0.25, 0.3) is 0 Å². The number of hydrogen-bond donors (Lipinski definition) is 1. The number of anilines is 1. The van der Waals surface area contributed by atoms with E-state index in [1.165, 1.54) is 36.4 Å². The van der Waals surface area contributed by atoms with Crippen molar-refractivity contribution < 1.29 is 13.2 Å². The Labute approximate surface area is 168 Å². The van der Waals surface area contributed by atoms with Gasteiger partial charge in [-0.1, -0.05) is 43.9 Å². The SMILES string of the molecule is CC[C@@H](C(=O)NCCSC1CCCCC1)N(c1ccc(C)cc1)S(C)(=O)=O. The van der Waals surface area contributed by atoms with Gasteiger partial charge in [0.1, 0.15) is 6.04 Å². The van der Waals surface area contributed by atoms with Crippen molar-refractivity contribution in [2.45, 2.75) is 63.7 Å². The number of carbonyl (C=O) groups is 1. The first-order valence-electron chi connectivity index (χ1n) is 9.78. The number of nitrogens with zero attached hydrogens (tertiary/aromatic N) is 1. The molecule has 0 heterocycles. The van der Waals surface area contributed by atoms with Gasteiger partial charge in [0.2, 0.25) is 15.9 Å². The summed E-state index contributed by atoms with van der Waals surface area (Å²) in [5, 5.41) is 3.65. The smallest absolute Gasteiger partial charge is 0.243 e. The van der Waals surface area contributed by atoms with Crippen LogP contribution in [0.3, 0.4) is 0 Å². The van der Waals surface area contributed by atoms with Gasteiger partial charge in [0.15, 0.2) is 0 Å². The topological polar surface area (TPSA) is 66.5 Å². The maximum atomic E-state index is 12.7. The first-order chi connectivity index (χ1) is 12.8. The number of carbonyl (C=O) groups excluding carboxylic acids is 1. The minimum absolute atomic E-state index is 0.229.